The Morgan fingerprint density at radius 2 is 2.26 bits per heavy atom. The average Bonchev–Trinajstić information content (AvgIpc) is 2.65. The summed E-state index contributed by atoms with van der Waals surface area (Å²) in [4.78, 5) is 16.6. The van der Waals surface area contributed by atoms with Crippen LogP contribution in [0.25, 0.3) is 0 Å². The Hall–Kier alpha value is -2.44. The molecule has 0 radical (unpaired) electrons. The summed E-state index contributed by atoms with van der Waals surface area (Å²) < 4.78 is 1.53. The summed E-state index contributed by atoms with van der Waals surface area (Å²) in [6.07, 6.45) is 3.44. The Bertz CT molecular complexity index is 594. The molecular formula is C12H15N5O2. The number of aromatic nitrogens is 3. The molecule has 0 N–H and O–H groups in total. The van der Waals surface area contributed by atoms with Gasteiger partial charge in [-0.05, 0) is 18.6 Å². The van der Waals surface area contributed by atoms with Crippen LogP contribution in [0.15, 0.2) is 24.5 Å². The van der Waals surface area contributed by atoms with Gasteiger partial charge >= 0.3 is 5.69 Å². The fourth-order valence-electron chi connectivity index (χ4n) is 2.12. The lowest BCUT2D eigenvalue weighted by Crippen LogP contribution is -2.20. The van der Waals surface area contributed by atoms with Crippen molar-refractivity contribution in [2.45, 2.75) is 13.5 Å². The Kier molecular flexibility index (Phi) is 3.46. The van der Waals surface area contributed by atoms with Crippen molar-refractivity contribution in [1.82, 2.24) is 14.8 Å². The van der Waals surface area contributed by atoms with Crippen molar-refractivity contribution in [2.24, 2.45) is 7.05 Å². The average molecular weight is 261 g/mol. The van der Waals surface area contributed by atoms with Crippen LogP contribution in [-0.2, 0) is 13.6 Å². The van der Waals surface area contributed by atoms with Crippen molar-refractivity contribution in [3.63, 3.8) is 0 Å². The smallest absolute Gasteiger partial charge is 0.333 e. The molecule has 0 fully saturated rings. The van der Waals surface area contributed by atoms with E-state index in [4.69, 9.17) is 0 Å². The molecule has 2 aromatic heterocycles. The van der Waals surface area contributed by atoms with Crippen LogP contribution in [0.4, 0.5) is 11.5 Å². The SMILES string of the molecule is Cc1nn(C)c(N(C)Cc2cccnc2)c1[N+](=O)[O-]. The summed E-state index contributed by atoms with van der Waals surface area (Å²) in [7, 11) is 3.51. The van der Waals surface area contributed by atoms with E-state index < -0.39 is 4.92 Å². The lowest BCUT2D eigenvalue weighted by Gasteiger charge is -2.18. The molecule has 2 heterocycles. The van der Waals surface area contributed by atoms with E-state index in [1.165, 1.54) is 4.68 Å². The van der Waals surface area contributed by atoms with Crippen LogP contribution in [0.1, 0.15) is 11.3 Å². The molecule has 0 saturated heterocycles. The van der Waals surface area contributed by atoms with E-state index in [-0.39, 0.29) is 5.69 Å². The van der Waals surface area contributed by atoms with Gasteiger partial charge in [0, 0.05) is 33.0 Å². The van der Waals surface area contributed by atoms with Crippen LogP contribution >= 0.6 is 0 Å². The maximum atomic E-state index is 11.1. The van der Waals surface area contributed by atoms with Crippen LogP contribution in [-0.4, -0.2) is 26.7 Å². The number of anilines is 1. The highest BCUT2D eigenvalue weighted by Crippen LogP contribution is 2.30. The predicted molar refractivity (Wildman–Crippen MR) is 70.9 cm³/mol. The minimum Gasteiger partial charge on any atom is -0.350 e. The number of rotatable bonds is 4. The van der Waals surface area contributed by atoms with E-state index in [1.54, 1.807) is 38.3 Å². The highest BCUT2D eigenvalue weighted by Gasteiger charge is 2.26. The Morgan fingerprint density at radius 3 is 2.84 bits per heavy atom. The molecule has 0 aliphatic carbocycles. The lowest BCUT2D eigenvalue weighted by atomic mass is 10.2. The van der Waals surface area contributed by atoms with Crippen molar-refractivity contribution < 1.29 is 4.92 Å². The molecule has 0 spiro atoms. The first kappa shape index (κ1) is 13.0. The Morgan fingerprint density at radius 1 is 1.53 bits per heavy atom. The standard InChI is InChI=1S/C12H15N5O2/c1-9-11(17(18)19)12(16(3)14-9)15(2)8-10-5-4-6-13-7-10/h4-7H,8H2,1-3H3. The van der Waals surface area contributed by atoms with Gasteiger partial charge in [-0.15, -0.1) is 0 Å². The molecule has 7 heteroatoms. The van der Waals surface area contributed by atoms with Gasteiger partial charge in [-0.25, -0.2) is 4.68 Å². The maximum Gasteiger partial charge on any atom is 0.333 e. The molecule has 0 aliphatic rings. The molecule has 0 aromatic carbocycles. The molecule has 100 valence electrons. The van der Waals surface area contributed by atoms with Gasteiger partial charge in [0.2, 0.25) is 5.82 Å². The summed E-state index contributed by atoms with van der Waals surface area (Å²) in [5.74, 6) is 0.492. The van der Waals surface area contributed by atoms with Crippen molar-refractivity contribution >= 4 is 11.5 Å². The zero-order valence-electron chi connectivity index (χ0n) is 11.1. The number of aryl methyl sites for hydroxylation is 2. The minimum atomic E-state index is -0.391. The first-order chi connectivity index (χ1) is 9.00. The monoisotopic (exact) mass is 261 g/mol. The van der Waals surface area contributed by atoms with Crippen molar-refractivity contribution in [1.29, 1.82) is 0 Å². The van der Waals surface area contributed by atoms with Gasteiger partial charge < -0.3 is 4.90 Å². The second-order valence-electron chi connectivity index (χ2n) is 4.36. The summed E-state index contributed by atoms with van der Waals surface area (Å²) in [5.41, 5.74) is 1.45. The number of hydrogen-bond acceptors (Lipinski definition) is 5. The molecule has 0 atom stereocenters. The molecule has 0 unspecified atom stereocenters. The van der Waals surface area contributed by atoms with Gasteiger partial charge in [-0.1, -0.05) is 6.07 Å². The quantitative estimate of drug-likeness (QED) is 0.618. The molecule has 2 aromatic rings. The van der Waals surface area contributed by atoms with E-state index in [9.17, 15) is 10.1 Å². The molecule has 0 saturated carbocycles. The van der Waals surface area contributed by atoms with E-state index in [2.05, 4.69) is 10.1 Å². The van der Waals surface area contributed by atoms with Crippen LogP contribution in [0.2, 0.25) is 0 Å². The summed E-state index contributed by atoms with van der Waals surface area (Å²) >= 11 is 0. The third kappa shape index (κ3) is 2.54. The van der Waals surface area contributed by atoms with Crippen LogP contribution in [0, 0.1) is 17.0 Å². The molecule has 2 rings (SSSR count). The number of pyridine rings is 1. The lowest BCUT2D eigenvalue weighted by molar-refractivity contribution is -0.384. The summed E-state index contributed by atoms with van der Waals surface area (Å²) in [6, 6.07) is 3.77. The highest BCUT2D eigenvalue weighted by molar-refractivity contribution is 5.60. The van der Waals surface area contributed by atoms with E-state index >= 15 is 0 Å². The van der Waals surface area contributed by atoms with Crippen molar-refractivity contribution in [2.75, 3.05) is 11.9 Å². The molecular weight excluding hydrogens is 246 g/mol. The van der Waals surface area contributed by atoms with E-state index in [1.807, 2.05) is 12.1 Å². The largest absolute Gasteiger partial charge is 0.350 e. The zero-order valence-corrected chi connectivity index (χ0v) is 11.1. The van der Waals surface area contributed by atoms with Crippen molar-refractivity contribution in [3.8, 4) is 0 Å². The van der Waals surface area contributed by atoms with Gasteiger partial charge in [0.05, 0.1) is 4.92 Å². The number of nitro groups is 1. The summed E-state index contributed by atoms with van der Waals surface area (Å²) in [5, 5.41) is 15.2. The third-order valence-electron chi connectivity index (χ3n) is 2.85. The highest BCUT2D eigenvalue weighted by atomic mass is 16.6. The van der Waals surface area contributed by atoms with Gasteiger partial charge in [-0.3, -0.25) is 15.1 Å². The molecule has 7 nitrogen and oxygen atoms in total. The first-order valence-electron chi connectivity index (χ1n) is 5.78. The Labute approximate surface area is 110 Å². The first-order valence-corrected chi connectivity index (χ1v) is 5.78. The van der Waals surface area contributed by atoms with Crippen LogP contribution in [0.3, 0.4) is 0 Å². The molecule has 0 aliphatic heterocycles. The van der Waals surface area contributed by atoms with Gasteiger partial charge in [0.15, 0.2) is 0 Å². The predicted octanol–water partition coefficient (Wildman–Crippen LogP) is 1.67. The van der Waals surface area contributed by atoms with Crippen molar-refractivity contribution in [3.05, 3.63) is 45.9 Å². The maximum absolute atomic E-state index is 11.1. The van der Waals surface area contributed by atoms with E-state index in [0.717, 1.165) is 5.56 Å². The van der Waals surface area contributed by atoms with Crippen LogP contribution in [0.5, 0.6) is 0 Å². The van der Waals surface area contributed by atoms with Gasteiger partial charge in [0.1, 0.15) is 5.69 Å². The van der Waals surface area contributed by atoms with E-state index in [0.29, 0.717) is 18.1 Å². The fraction of sp³-hybridized carbons (Fsp3) is 0.333. The second-order valence-corrected chi connectivity index (χ2v) is 4.36. The fourth-order valence-corrected chi connectivity index (χ4v) is 2.12. The summed E-state index contributed by atoms with van der Waals surface area (Å²) in [6.45, 7) is 2.17. The van der Waals surface area contributed by atoms with Gasteiger partial charge in [-0.2, -0.15) is 5.10 Å². The minimum absolute atomic E-state index is 0.0499. The normalized spacial score (nSPS) is 10.5. The third-order valence-corrected chi connectivity index (χ3v) is 2.85. The molecule has 0 amide bonds. The van der Waals surface area contributed by atoms with Crippen LogP contribution < -0.4 is 4.90 Å². The second kappa shape index (κ2) is 5.05. The molecule has 0 bridgehead atoms. The molecule has 19 heavy (non-hydrogen) atoms. The number of hydrogen-bond donors (Lipinski definition) is 0. The topological polar surface area (TPSA) is 77.1 Å². The zero-order chi connectivity index (χ0) is 14.0. The Balaban J connectivity index is 2.34. The van der Waals surface area contributed by atoms with Gasteiger partial charge in [0.25, 0.3) is 0 Å². The number of nitrogens with zero attached hydrogens (tertiary/aromatic N) is 5.